The van der Waals surface area contributed by atoms with E-state index in [9.17, 15) is 9.59 Å². The summed E-state index contributed by atoms with van der Waals surface area (Å²) in [6.07, 6.45) is 4.21. The molecule has 7 nitrogen and oxygen atoms in total. The lowest BCUT2D eigenvalue weighted by Gasteiger charge is -2.19. The van der Waals surface area contributed by atoms with Crippen LogP contribution in [0.1, 0.15) is 85.8 Å². The number of carbonyl (C=O) groups excluding carboxylic acids is 2. The average molecular weight is 441 g/mol. The second-order valence-corrected chi connectivity index (χ2v) is 8.45. The van der Waals surface area contributed by atoms with Gasteiger partial charge in [0.15, 0.2) is 5.69 Å². The Bertz CT molecular complexity index is 898. The quantitative estimate of drug-likeness (QED) is 0.502. The SMILES string of the molecule is CCOC(=O)c1cc(C2CC2)n(-c2ccc(C(=O)NC(C)CCCN(CC)CC)cc2)n1. The Kier molecular flexibility index (Phi) is 8.45. The Morgan fingerprint density at radius 3 is 2.47 bits per heavy atom. The molecule has 1 aliphatic rings. The van der Waals surface area contributed by atoms with Crippen LogP contribution in [0.3, 0.4) is 0 Å². The van der Waals surface area contributed by atoms with Gasteiger partial charge in [-0.15, -0.1) is 0 Å². The molecule has 7 heteroatoms. The van der Waals surface area contributed by atoms with Crippen molar-refractivity contribution in [3.63, 3.8) is 0 Å². The van der Waals surface area contributed by atoms with Crippen LogP contribution in [0.4, 0.5) is 0 Å². The Morgan fingerprint density at radius 2 is 1.88 bits per heavy atom. The van der Waals surface area contributed by atoms with Crippen LogP contribution in [0.25, 0.3) is 5.69 Å². The number of amides is 1. The summed E-state index contributed by atoms with van der Waals surface area (Å²) in [5, 5.41) is 7.58. The summed E-state index contributed by atoms with van der Waals surface area (Å²) >= 11 is 0. The zero-order chi connectivity index (χ0) is 23.1. The first-order valence-corrected chi connectivity index (χ1v) is 11.9. The topological polar surface area (TPSA) is 76.5 Å². The van der Waals surface area contributed by atoms with Gasteiger partial charge in [-0.05, 0) is 89.5 Å². The van der Waals surface area contributed by atoms with Gasteiger partial charge in [0.25, 0.3) is 5.91 Å². The normalized spacial score (nSPS) is 14.4. The van der Waals surface area contributed by atoms with Crippen molar-refractivity contribution in [2.75, 3.05) is 26.2 Å². The minimum absolute atomic E-state index is 0.0676. The van der Waals surface area contributed by atoms with Crippen LogP contribution in [0.15, 0.2) is 30.3 Å². The number of benzene rings is 1. The molecule has 1 amide bonds. The van der Waals surface area contributed by atoms with Crippen LogP contribution < -0.4 is 5.32 Å². The average Bonchev–Trinajstić information content (AvgIpc) is 3.54. The van der Waals surface area contributed by atoms with Crippen LogP contribution in [0.5, 0.6) is 0 Å². The molecule has 2 aromatic rings. The molecule has 0 spiro atoms. The Hall–Kier alpha value is -2.67. The van der Waals surface area contributed by atoms with Gasteiger partial charge in [0.2, 0.25) is 0 Å². The lowest BCUT2D eigenvalue weighted by molar-refractivity contribution is 0.0518. The second kappa shape index (κ2) is 11.3. The standard InChI is InChI=1S/C25H36N4O3/c1-5-28(6-2)16-8-9-18(4)26-24(30)20-12-14-21(15-13-20)29-23(19-10-11-19)17-22(27-29)25(31)32-7-3/h12-15,17-19H,5-11,16H2,1-4H3,(H,26,30). The van der Waals surface area contributed by atoms with Crippen LogP contribution in [-0.4, -0.2) is 58.8 Å². The molecule has 1 saturated carbocycles. The first kappa shape index (κ1) is 24.0. The number of ether oxygens (including phenoxy) is 1. The highest BCUT2D eigenvalue weighted by atomic mass is 16.5. The summed E-state index contributed by atoms with van der Waals surface area (Å²) in [4.78, 5) is 27.2. The number of carbonyl (C=O) groups is 2. The number of hydrogen-bond acceptors (Lipinski definition) is 5. The van der Waals surface area contributed by atoms with Crippen molar-refractivity contribution in [2.45, 2.75) is 65.3 Å². The molecule has 1 atom stereocenters. The monoisotopic (exact) mass is 440 g/mol. The van der Waals surface area contributed by atoms with E-state index in [1.165, 1.54) is 0 Å². The Morgan fingerprint density at radius 1 is 1.19 bits per heavy atom. The molecule has 0 aliphatic heterocycles. The van der Waals surface area contributed by atoms with Gasteiger partial charge in [0, 0.05) is 23.2 Å². The Balaban J connectivity index is 1.62. The van der Waals surface area contributed by atoms with Gasteiger partial charge in [-0.2, -0.15) is 5.10 Å². The summed E-state index contributed by atoms with van der Waals surface area (Å²) < 4.78 is 6.91. The number of nitrogens with zero attached hydrogens (tertiary/aromatic N) is 3. The largest absolute Gasteiger partial charge is 0.461 e. The molecule has 3 rings (SSSR count). The van der Waals surface area contributed by atoms with E-state index in [1.54, 1.807) is 11.6 Å². The molecular formula is C25H36N4O3. The van der Waals surface area contributed by atoms with Crippen LogP contribution in [0.2, 0.25) is 0 Å². The highest BCUT2D eigenvalue weighted by Crippen LogP contribution is 2.41. The zero-order valence-corrected chi connectivity index (χ0v) is 19.8. The molecule has 174 valence electrons. The maximum Gasteiger partial charge on any atom is 0.358 e. The third kappa shape index (κ3) is 6.19. The summed E-state index contributed by atoms with van der Waals surface area (Å²) in [6.45, 7) is 11.7. The summed E-state index contributed by atoms with van der Waals surface area (Å²) in [7, 11) is 0. The molecular weight excluding hydrogens is 404 g/mol. The van der Waals surface area contributed by atoms with Crippen LogP contribution in [0, 0.1) is 0 Å². The van der Waals surface area contributed by atoms with Gasteiger partial charge >= 0.3 is 5.97 Å². The van der Waals surface area contributed by atoms with E-state index in [1.807, 2.05) is 30.3 Å². The molecule has 1 N–H and O–H groups in total. The van der Waals surface area contributed by atoms with Gasteiger partial charge < -0.3 is 15.0 Å². The van der Waals surface area contributed by atoms with E-state index in [-0.39, 0.29) is 11.9 Å². The molecule has 1 aromatic carbocycles. The summed E-state index contributed by atoms with van der Waals surface area (Å²) in [6, 6.07) is 9.35. The van der Waals surface area contributed by atoms with E-state index in [2.05, 4.69) is 36.1 Å². The second-order valence-electron chi connectivity index (χ2n) is 8.45. The van der Waals surface area contributed by atoms with Crippen molar-refractivity contribution in [3.8, 4) is 5.69 Å². The van der Waals surface area contributed by atoms with Crippen molar-refractivity contribution in [3.05, 3.63) is 47.3 Å². The smallest absolute Gasteiger partial charge is 0.358 e. The molecule has 32 heavy (non-hydrogen) atoms. The van der Waals surface area contributed by atoms with Gasteiger partial charge in [0.1, 0.15) is 0 Å². The minimum atomic E-state index is -0.404. The first-order valence-electron chi connectivity index (χ1n) is 11.9. The van der Waals surface area contributed by atoms with Crippen molar-refractivity contribution in [1.82, 2.24) is 20.0 Å². The molecule has 0 radical (unpaired) electrons. The maximum atomic E-state index is 12.7. The van der Waals surface area contributed by atoms with Gasteiger partial charge in [-0.3, -0.25) is 4.79 Å². The number of aromatic nitrogens is 2. The molecule has 1 unspecified atom stereocenters. The van der Waals surface area contributed by atoms with Crippen LogP contribution in [-0.2, 0) is 4.74 Å². The number of rotatable bonds is 12. The fourth-order valence-corrected chi connectivity index (χ4v) is 3.87. The van der Waals surface area contributed by atoms with Gasteiger partial charge in [0.05, 0.1) is 12.3 Å². The number of esters is 1. The predicted molar refractivity (Wildman–Crippen MR) is 125 cm³/mol. The van der Waals surface area contributed by atoms with Gasteiger partial charge in [-0.1, -0.05) is 13.8 Å². The van der Waals surface area contributed by atoms with E-state index in [0.29, 0.717) is 23.8 Å². The molecule has 1 aliphatic carbocycles. The lowest BCUT2D eigenvalue weighted by Crippen LogP contribution is -2.33. The predicted octanol–water partition coefficient (Wildman–Crippen LogP) is 4.17. The van der Waals surface area contributed by atoms with E-state index >= 15 is 0 Å². The van der Waals surface area contributed by atoms with Crippen molar-refractivity contribution < 1.29 is 14.3 Å². The molecule has 0 saturated heterocycles. The summed E-state index contributed by atoms with van der Waals surface area (Å²) in [5.74, 6) is -0.0491. The third-order valence-electron chi connectivity index (χ3n) is 5.97. The van der Waals surface area contributed by atoms with Crippen LogP contribution >= 0.6 is 0 Å². The highest BCUT2D eigenvalue weighted by molar-refractivity contribution is 5.94. The van der Waals surface area contributed by atoms with E-state index < -0.39 is 5.97 Å². The number of nitrogens with one attached hydrogen (secondary N) is 1. The Labute approximate surface area is 191 Å². The molecule has 1 aromatic heterocycles. The van der Waals surface area contributed by atoms with Crippen molar-refractivity contribution >= 4 is 11.9 Å². The fourth-order valence-electron chi connectivity index (χ4n) is 3.87. The van der Waals surface area contributed by atoms with Crippen molar-refractivity contribution in [2.24, 2.45) is 0 Å². The highest BCUT2D eigenvalue weighted by Gasteiger charge is 2.30. The lowest BCUT2D eigenvalue weighted by atomic mass is 10.1. The summed E-state index contributed by atoms with van der Waals surface area (Å²) in [5.41, 5.74) is 2.81. The van der Waals surface area contributed by atoms with Crippen molar-refractivity contribution in [1.29, 1.82) is 0 Å². The molecule has 1 fully saturated rings. The van der Waals surface area contributed by atoms with Gasteiger partial charge in [-0.25, -0.2) is 9.48 Å². The molecule has 1 heterocycles. The van der Waals surface area contributed by atoms with E-state index in [4.69, 9.17) is 4.74 Å². The maximum absolute atomic E-state index is 12.7. The first-order chi connectivity index (χ1) is 15.5. The number of hydrogen-bond donors (Lipinski definition) is 1. The van der Waals surface area contributed by atoms with E-state index in [0.717, 1.165) is 56.7 Å². The zero-order valence-electron chi connectivity index (χ0n) is 19.8. The third-order valence-corrected chi connectivity index (χ3v) is 5.97. The minimum Gasteiger partial charge on any atom is -0.461 e. The molecule has 0 bridgehead atoms. The fraction of sp³-hybridized carbons (Fsp3) is 0.560.